The minimum atomic E-state index is -0.0617. The highest BCUT2D eigenvalue weighted by Crippen LogP contribution is 2.34. The molecule has 0 atom stereocenters. The summed E-state index contributed by atoms with van der Waals surface area (Å²) in [5.41, 5.74) is 0. The Kier molecular flexibility index (Phi) is 3.04. The molecule has 0 unspecified atom stereocenters. The maximum Gasteiger partial charge on any atom is 0.225 e. The Morgan fingerprint density at radius 2 is 1.85 bits per heavy atom. The van der Waals surface area contributed by atoms with Crippen molar-refractivity contribution in [2.45, 2.75) is 38.9 Å². The molecule has 0 saturated carbocycles. The highest BCUT2D eigenvalue weighted by molar-refractivity contribution is 6.15. The van der Waals surface area contributed by atoms with Gasteiger partial charge in [0.25, 0.3) is 0 Å². The van der Waals surface area contributed by atoms with E-state index in [-0.39, 0.29) is 17.1 Å². The second-order valence-electron chi connectivity index (χ2n) is 4.63. The van der Waals surface area contributed by atoms with Crippen LogP contribution in [0.25, 0.3) is 0 Å². The summed E-state index contributed by atoms with van der Waals surface area (Å²) in [7, 11) is 5.98. The summed E-state index contributed by atoms with van der Waals surface area (Å²) in [6, 6.07) is 0. The van der Waals surface area contributed by atoms with Crippen molar-refractivity contribution in [2.24, 2.45) is 5.92 Å². The molecular weight excluding hydrogens is 161 g/mol. The minimum absolute atomic E-state index is 0.0617. The van der Waals surface area contributed by atoms with Crippen LogP contribution in [0.4, 0.5) is 0 Å². The maximum atomic E-state index is 11.6. The summed E-state index contributed by atoms with van der Waals surface area (Å²) in [6.07, 6.45) is 1.84. The minimum Gasteiger partial charge on any atom is -0.342 e. The SMILES string of the molecule is [B]C1(C)CCN(C(=O)C(C)C)CC1. The standard InChI is InChI=1S/C10H18BNO/c1-8(2)9(13)12-6-4-10(3,11)5-7-12/h8H,4-7H2,1-3H3. The van der Waals surface area contributed by atoms with E-state index in [1.807, 2.05) is 18.7 Å². The normalized spacial score (nSPS) is 22.0. The average Bonchev–Trinajstić information content (AvgIpc) is 2.03. The lowest BCUT2D eigenvalue weighted by Gasteiger charge is -2.38. The van der Waals surface area contributed by atoms with E-state index in [2.05, 4.69) is 6.92 Å². The molecule has 3 heteroatoms. The van der Waals surface area contributed by atoms with Crippen LogP contribution in [0, 0.1) is 5.92 Å². The number of carbonyl (C=O) groups is 1. The molecule has 0 spiro atoms. The number of hydrogen-bond acceptors (Lipinski definition) is 1. The zero-order valence-corrected chi connectivity index (χ0v) is 8.84. The molecule has 1 aliphatic heterocycles. The fraction of sp³-hybridized carbons (Fsp3) is 0.900. The Hall–Kier alpha value is -0.465. The lowest BCUT2D eigenvalue weighted by Crippen LogP contribution is -2.41. The van der Waals surface area contributed by atoms with Gasteiger partial charge < -0.3 is 4.90 Å². The van der Waals surface area contributed by atoms with Crippen LogP contribution in [0.15, 0.2) is 0 Å². The number of likely N-dealkylation sites (tertiary alicyclic amines) is 1. The zero-order valence-electron chi connectivity index (χ0n) is 8.84. The highest BCUT2D eigenvalue weighted by atomic mass is 16.2. The van der Waals surface area contributed by atoms with Crippen LogP contribution >= 0.6 is 0 Å². The van der Waals surface area contributed by atoms with Gasteiger partial charge in [0.15, 0.2) is 0 Å². The Bertz CT molecular complexity index is 191. The van der Waals surface area contributed by atoms with Crippen LogP contribution in [0.2, 0.25) is 5.31 Å². The zero-order chi connectivity index (χ0) is 10.1. The summed E-state index contributed by atoms with van der Waals surface area (Å²) < 4.78 is 0. The topological polar surface area (TPSA) is 20.3 Å². The highest BCUT2D eigenvalue weighted by Gasteiger charge is 2.28. The van der Waals surface area contributed by atoms with Gasteiger partial charge in [0.05, 0.1) is 7.85 Å². The van der Waals surface area contributed by atoms with Crippen LogP contribution in [0.3, 0.4) is 0 Å². The Morgan fingerprint density at radius 1 is 1.38 bits per heavy atom. The molecule has 2 radical (unpaired) electrons. The van der Waals surface area contributed by atoms with Crippen molar-refractivity contribution in [1.82, 2.24) is 4.90 Å². The van der Waals surface area contributed by atoms with E-state index in [1.54, 1.807) is 0 Å². The maximum absolute atomic E-state index is 11.6. The third kappa shape index (κ3) is 2.75. The quantitative estimate of drug-likeness (QED) is 0.560. The third-order valence-electron chi connectivity index (χ3n) is 2.71. The summed E-state index contributed by atoms with van der Waals surface area (Å²) in [5, 5.41) is -0.0617. The van der Waals surface area contributed by atoms with Gasteiger partial charge >= 0.3 is 0 Å². The van der Waals surface area contributed by atoms with Gasteiger partial charge in [-0.15, -0.1) is 0 Å². The summed E-state index contributed by atoms with van der Waals surface area (Å²) >= 11 is 0. The Labute approximate surface area is 82.1 Å². The van der Waals surface area contributed by atoms with Crippen LogP contribution < -0.4 is 0 Å². The molecule has 2 nitrogen and oxygen atoms in total. The molecule has 1 heterocycles. The first-order valence-corrected chi connectivity index (χ1v) is 5.00. The Balaban J connectivity index is 2.46. The van der Waals surface area contributed by atoms with Gasteiger partial charge in [0, 0.05) is 19.0 Å². The van der Waals surface area contributed by atoms with E-state index in [9.17, 15) is 4.79 Å². The molecule has 0 bridgehead atoms. The molecule has 1 saturated heterocycles. The van der Waals surface area contributed by atoms with E-state index in [0.29, 0.717) is 0 Å². The van der Waals surface area contributed by atoms with Crippen molar-refractivity contribution in [1.29, 1.82) is 0 Å². The second-order valence-corrected chi connectivity index (χ2v) is 4.63. The molecule has 1 amide bonds. The molecule has 1 rings (SSSR count). The molecule has 0 aromatic rings. The van der Waals surface area contributed by atoms with Gasteiger partial charge in [-0.25, -0.2) is 0 Å². The van der Waals surface area contributed by atoms with Gasteiger partial charge in [0.2, 0.25) is 5.91 Å². The molecule has 0 N–H and O–H groups in total. The van der Waals surface area contributed by atoms with Crippen molar-refractivity contribution in [3.8, 4) is 0 Å². The molecule has 0 aromatic heterocycles. The van der Waals surface area contributed by atoms with E-state index >= 15 is 0 Å². The fourth-order valence-electron chi connectivity index (χ4n) is 1.60. The van der Waals surface area contributed by atoms with E-state index < -0.39 is 0 Å². The number of piperidine rings is 1. The Morgan fingerprint density at radius 3 is 2.23 bits per heavy atom. The molecule has 13 heavy (non-hydrogen) atoms. The first kappa shape index (κ1) is 10.6. The number of hydrogen-bond donors (Lipinski definition) is 0. The lowest BCUT2D eigenvalue weighted by atomic mass is 9.64. The number of amides is 1. The average molecular weight is 179 g/mol. The largest absolute Gasteiger partial charge is 0.342 e. The first-order valence-electron chi connectivity index (χ1n) is 5.00. The van der Waals surface area contributed by atoms with Gasteiger partial charge in [0.1, 0.15) is 0 Å². The molecule has 1 aliphatic rings. The van der Waals surface area contributed by atoms with Crippen molar-refractivity contribution < 1.29 is 4.79 Å². The smallest absolute Gasteiger partial charge is 0.225 e. The van der Waals surface area contributed by atoms with Crippen LogP contribution in [0.1, 0.15) is 33.6 Å². The molecule has 0 aliphatic carbocycles. The molecule has 1 fully saturated rings. The van der Waals surface area contributed by atoms with E-state index in [4.69, 9.17) is 7.85 Å². The van der Waals surface area contributed by atoms with Gasteiger partial charge in [-0.05, 0) is 12.8 Å². The monoisotopic (exact) mass is 179 g/mol. The first-order chi connectivity index (χ1) is 5.92. The summed E-state index contributed by atoms with van der Waals surface area (Å²) in [4.78, 5) is 13.5. The van der Waals surface area contributed by atoms with Gasteiger partial charge in [-0.1, -0.05) is 26.1 Å². The van der Waals surface area contributed by atoms with E-state index in [1.165, 1.54) is 0 Å². The predicted molar refractivity (Wildman–Crippen MR) is 54.8 cm³/mol. The van der Waals surface area contributed by atoms with Gasteiger partial charge in [-0.2, -0.15) is 0 Å². The summed E-state index contributed by atoms with van der Waals surface area (Å²) in [5.74, 6) is 0.373. The second kappa shape index (κ2) is 3.73. The number of rotatable bonds is 1. The van der Waals surface area contributed by atoms with Crippen LogP contribution in [-0.4, -0.2) is 31.7 Å². The van der Waals surface area contributed by atoms with Crippen molar-refractivity contribution in [2.75, 3.05) is 13.1 Å². The van der Waals surface area contributed by atoms with E-state index in [0.717, 1.165) is 25.9 Å². The molecule has 0 aromatic carbocycles. The van der Waals surface area contributed by atoms with Crippen molar-refractivity contribution in [3.05, 3.63) is 0 Å². The third-order valence-corrected chi connectivity index (χ3v) is 2.71. The molecular formula is C10H18BNO. The number of nitrogens with zero attached hydrogens (tertiary/aromatic N) is 1. The lowest BCUT2D eigenvalue weighted by molar-refractivity contribution is -0.135. The van der Waals surface area contributed by atoms with Crippen molar-refractivity contribution >= 4 is 13.8 Å². The number of carbonyl (C=O) groups excluding carboxylic acids is 1. The van der Waals surface area contributed by atoms with Gasteiger partial charge in [-0.3, -0.25) is 4.79 Å². The van der Waals surface area contributed by atoms with Crippen LogP contribution in [0.5, 0.6) is 0 Å². The van der Waals surface area contributed by atoms with Crippen LogP contribution in [-0.2, 0) is 4.79 Å². The summed E-state index contributed by atoms with van der Waals surface area (Å²) in [6.45, 7) is 7.59. The van der Waals surface area contributed by atoms with Crippen molar-refractivity contribution in [3.63, 3.8) is 0 Å². The predicted octanol–water partition coefficient (Wildman–Crippen LogP) is 1.61. The molecule has 72 valence electrons. The fourth-order valence-corrected chi connectivity index (χ4v) is 1.60.